The summed E-state index contributed by atoms with van der Waals surface area (Å²) in [5.74, 6) is -0.512. The first-order chi connectivity index (χ1) is 11.9. The highest BCUT2D eigenvalue weighted by atomic mass is 32.2. The fraction of sp³-hybridized carbons (Fsp3) is 0.444. The van der Waals surface area contributed by atoms with Gasteiger partial charge in [-0.25, -0.2) is 8.42 Å². The Kier molecular flexibility index (Phi) is 4.94. The number of fused-ring (bicyclic) bond motifs is 1. The van der Waals surface area contributed by atoms with Crippen molar-refractivity contribution in [2.75, 3.05) is 11.5 Å². The predicted molar refractivity (Wildman–Crippen MR) is 97.7 cm³/mol. The first-order valence-electron chi connectivity index (χ1n) is 8.55. The number of aromatic amines is 1. The fourth-order valence-electron chi connectivity index (χ4n) is 3.14. The lowest BCUT2D eigenvalue weighted by Crippen LogP contribution is -2.38. The van der Waals surface area contributed by atoms with Crippen LogP contribution in [0.5, 0.6) is 0 Å². The van der Waals surface area contributed by atoms with E-state index in [9.17, 15) is 18.0 Å². The van der Waals surface area contributed by atoms with Crippen LogP contribution >= 0.6 is 0 Å². The molecular weight excluding hydrogens is 340 g/mol. The van der Waals surface area contributed by atoms with Crippen molar-refractivity contribution < 1.29 is 13.2 Å². The van der Waals surface area contributed by atoms with Gasteiger partial charge in [0.05, 0.1) is 11.5 Å². The van der Waals surface area contributed by atoms with E-state index in [4.69, 9.17) is 0 Å². The first kappa shape index (κ1) is 17.7. The molecule has 0 unspecified atom stereocenters. The number of carbonyl (C=O) groups is 1. The number of amides is 1. The predicted octanol–water partition coefficient (Wildman–Crippen LogP) is 1.79. The highest BCUT2D eigenvalue weighted by molar-refractivity contribution is 7.91. The maximum atomic E-state index is 12.7. The van der Waals surface area contributed by atoms with Crippen LogP contribution in [-0.4, -0.2) is 36.9 Å². The Morgan fingerprint density at radius 1 is 1.36 bits per heavy atom. The summed E-state index contributed by atoms with van der Waals surface area (Å²) in [5, 5.41) is 3.15. The molecule has 2 N–H and O–H groups in total. The van der Waals surface area contributed by atoms with Crippen molar-refractivity contribution in [2.45, 2.75) is 38.6 Å². The molecule has 1 saturated heterocycles. The number of carbonyl (C=O) groups excluding carboxylic acids is 1. The summed E-state index contributed by atoms with van der Waals surface area (Å²) < 4.78 is 23.0. The number of H-pyrrole nitrogens is 1. The number of nitrogens with one attached hydrogen (secondary N) is 2. The molecule has 0 bridgehead atoms. The molecule has 1 aromatic heterocycles. The fourth-order valence-corrected chi connectivity index (χ4v) is 4.82. The van der Waals surface area contributed by atoms with E-state index in [1.54, 1.807) is 0 Å². The monoisotopic (exact) mass is 362 g/mol. The molecule has 2 aromatic rings. The molecule has 1 aliphatic rings. The van der Waals surface area contributed by atoms with Crippen molar-refractivity contribution in [3.63, 3.8) is 0 Å². The summed E-state index contributed by atoms with van der Waals surface area (Å²) in [5.41, 5.74) is 1.44. The summed E-state index contributed by atoms with van der Waals surface area (Å²) in [6.45, 7) is 2.11. The number of aryl methyl sites for hydroxylation is 1. The van der Waals surface area contributed by atoms with Gasteiger partial charge in [0, 0.05) is 23.1 Å². The van der Waals surface area contributed by atoms with E-state index in [2.05, 4.69) is 17.2 Å². The molecule has 0 radical (unpaired) electrons. The Morgan fingerprint density at radius 2 is 2.16 bits per heavy atom. The van der Waals surface area contributed by atoms with Crippen molar-refractivity contribution in [2.24, 2.45) is 0 Å². The van der Waals surface area contributed by atoms with Crippen molar-refractivity contribution in [1.82, 2.24) is 10.3 Å². The zero-order chi connectivity index (χ0) is 18.0. The van der Waals surface area contributed by atoms with Crippen LogP contribution in [0.25, 0.3) is 10.9 Å². The topological polar surface area (TPSA) is 96.1 Å². The summed E-state index contributed by atoms with van der Waals surface area (Å²) in [6, 6.07) is 5.24. The van der Waals surface area contributed by atoms with Crippen LogP contribution in [0.15, 0.2) is 29.2 Å². The summed E-state index contributed by atoms with van der Waals surface area (Å²) in [4.78, 5) is 28.1. The second-order valence-corrected chi connectivity index (χ2v) is 8.82. The number of rotatable bonds is 5. The molecular formula is C18H22N2O4S. The minimum absolute atomic E-state index is 0.0180. The lowest BCUT2D eigenvalue weighted by molar-refractivity contribution is 0.0940. The van der Waals surface area contributed by atoms with Crippen LogP contribution < -0.4 is 10.7 Å². The largest absolute Gasteiger partial charge is 0.360 e. The Labute approximate surface area is 146 Å². The van der Waals surface area contributed by atoms with Gasteiger partial charge < -0.3 is 10.3 Å². The average molecular weight is 362 g/mol. The number of pyridine rings is 1. The highest BCUT2D eigenvalue weighted by Crippen LogP contribution is 2.15. The van der Waals surface area contributed by atoms with Crippen LogP contribution in [0, 0.1) is 0 Å². The molecule has 2 heterocycles. The number of unbranched alkanes of at least 4 members (excludes halogenated alkanes) is 1. The Hall–Kier alpha value is -2.15. The third kappa shape index (κ3) is 3.92. The zero-order valence-corrected chi connectivity index (χ0v) is 15.0. The minimum atomic E-state index is -3.08. The number of sulfone groups is 1. The molecule has 0 saturated carbocycles. The van der Waals surface area contributed by atoms with E-state index in [0.29, 0.717) is 17.3 Å². The molecule has 1 aromatic carbocycles. The molecule has 1 amide bonds. The maximum Gasteiger partial charge on any atom is 0.257 e. The molecule has 0 spiro atoms. The van der Waals surface area contributed by atoms with Crippen LogP contribution in [-0.2, 0) is 16.3 Å². The van der Waals surface area contributed by atoms with Gasteiger partial charge in [-0.3, -0.25) is 9.59 Å². The molecule has 25 heavy (non-hydrogen) atoms. The summed E-state index contributed by atoms with van der Waals surface area (Å²) in [7, 11) is -3.08. The third-order valence-corrected chi connectivity index (χ3v) is 6.34. The summed E-state index contributed by atoms with van der Waals surface area (Å²) in [6.07, 6.45) is 4.79. The van der Waals surface area contributed by atoms with Crippen LogP contribution in [0.1, 0.15) is 42.1 Å². The van der Waals surface area contributed by atoms with Gasteiger partial charge in [-0.15, -0.1) is 0 Å². The van der Waals surface area contributed by atoms with Gasteiger partial charge in [0.1, 0.15) is 5.56 Å². The standard InChI is InChI=1S/C18H22N2O4S/c1-2-3-4-12-5-6-16-14(9-12)17(21)15(10-19-16)18(22)20-13-7-8-25(23,24)11-13/h5-6,9-10,13H,2-4,7-8,11H2,1H3,(H,19,21)(H,20,22)/t13-/m0/s1. The molecule has 7 heteroatoms. The molecule has 6 nitrogen and oxygen atoms in total. The van der Waals surface area contributed by atoms with Gasteiger partial charge >= 0.3 is 0 Å². The zero-order valence-electron chi connectivity index (χ0n) is 14.2. The minimum Gasteiger partial charge on any atom is -0.360 e. The van der Waals surface area contributed by atoms with Crippen molar-refractivity contribution in [3.05, 3.63) is 45.7 Å². The van der Waals surface area contributed by atoms with Gasteiger partial charge in [0.25, 0.3) is 5.91 Å². The number of hydrogen-bond acceptors (Lipinski definition) is 4. The lowest BCUT2D eigenvalue weighted by atomic mass is 10.0. The average Bonchev–Trinajstić information content (AvgIpc) is 2.92. The van der Waals surface area contributed by atoms with E-state index < -0.39 is 21.8 Å². The second-order valence-electron chi connectivity index (χ2n) is 6.59. The van der Waals surface area contributed by atoms with E-state index in [1.807, 2.05) is 18.2 Å². The Balaban J connectivity index is 1.87. The van der Waals surface area contributed by atoms with E-state index in [1.165, 1.54) is 6.20 Å². The van der Waals surface area contributed by atoms with Crippen LogP contribution in [0.4, 0.5) is 0 Å². The third-order valence-electron chi connectivity index (χ3n) is 4.58. The van der Waals surface area contributed by atoms with E-state index >= 15 is 0 Å². The number of hydrogen-bond donors (Lipinski definition) is 2. The van der Waals surface area contributed by atoms with Gasteiger partial charge in [-0.2, -0.15) is 0 Å². The number of aromatic nitrogens is 1. The number of benzene rings is 1. The van der Waals surface area contributed by atoms with Crippen molar-refractivity contribution in [3.8, 4) is 0 Å². The van der Waals surface area contributed by atoms with Crippen LogP contribution in [0.3, 0.4) is 0 Å². The van der Waals surface area contributed by atoms with Gasteiger partial charge in [0.2, 0.25) is 5.43 Å². The molecule has 134 valence electrons. The maximum absolute atomic E-state index is 12.7. The lowest BCUT2D eigenvalue weighted by Gasteiger charge is -2.11. The SMILES string of the molecule is CCCCc1ccc2[nH]cc(C(=O)N[C@H]3CCS(=O)(=O)C3)c(=O)c2c1. The molecule has 1 aliphatic heterocycles. The van der Waals surface area contributed by atoms with E-state index in [0.717, 1.165) is 24.8 Å². The smallest absolute Gasteiger partial charge is 0.257 e. The first-order valence-corrected chi connectivity index (χ1v) is 10.4. The Morgan fingerprint density at radius 3 is 2.84 bits per heavy atom. The van der Waals surface area contributed by atoms with Crippen molar-refractivity contribution >= 4 is 26.6 Å². The quantitative estimate of drug-likeness (QED) is 0.847. The van der Waals surface area contributed by atoms with Crippen molar-refractivity contribution in [1.29, 1.82) is 0 Å². The van der Waals surface area contributed by atoms with Gasteiger partial charge in [-0.1, -0.05) is 19.4 Å². The molecule has 1 atom stereocenters. The normalized spacial score (nSPS) is 19.2. The molecule has 1 fully saturated rings. The van der Waals surface area contributed by atoms with Crippen LogP contribution in [0.2, 0.25) is 0 Å². The molecule has 0 aliphatic carbocycles. The van der Waals surface area contributed by atoms with Gasteiger partial charge in [-0.05, 0) is 37.0 Å². The van der Waals surface area contributed by atoms with Gasteiger partial charge in [0.15, 0.2) is 9.84 Å². The molecule has 3 rings (SSSR count). The van der Waals surface area contributed by atoms with E-state index in [-0.39, 0.29) is 22.5 Å². The summed E-state index contributed by atoms with van der Waals surface area (Å²) >= 11 is 0. The second kappa shape index (κ2) is 7.00. The Bertz CT molecular complexity index is 963. The highest BCUT2D eigenvalue weighted by Gasteiger charge is 2.29.